The number of hydrogen-bond donors (Lipinski definition) is 1. The van der Waals surface area contributed by atoms with E-state index in [9.17, 15) is 4.79 Å². The molecule has 0 radical (unpaired) electrons. The summed E-state index contributed by atoms with van der Waals surface area (Å²) < 4.78 is 12.6. The molecule has 23 heavy (non-hydrogen) atoms. The second-order valence-corrected chi connectivity index (χ2v) is 5.56. The molecule has 0 bridgehead atoms. The van der Waals surface area contributed by atoms with E-state index in [0.717, 1.165) is 10.7 Å². The molecule has 2 heterocycles. The highest BCUT2D eigenvalue weighted by atomic mass is 32.1. The predicted octanol–water partition coefficient (Wildman–Crippen LogP) is 2.52. The van der Waals surface area contributed by atoms with Crippen LogP contribution in [0.15, 0.2) is 29.6 Å². The first-order valence-electron chi connectivity index (χ1n) is 7.12. The van der Waals surface area contributed by atoms with Crippen molar-refractivity contribution in [3.8, 4) is 11.5 Å². The van der Waals surface area contributed by atoms with Crippen LogP contribution in [0, 0.1) is 6.92 Å². The Morgan fingerprint density at radius 1 is 1.30 bits per heavy atom. The highest BCUT2D eigenvalue weighted by Crippen LogP contribution is 2.26. The molecule has 3 aromatic rings. The molecule has 7 nitrogen and oxygen atoms in total. The number of anilines is 1. The zero-order valence-corrected chi connectivity index (χ0v) is 13.6. The van der Waals surface area contributed by atoms with Gasteiger partial charge >= 0.3 is 0 Å². The Morgan fingerprint density at radius 3 is 2.74 bits per heavy atom. The van der Waals surface area contributed by atoms with Crippen molar-refractivity contribution in [3.05, 3.63) is 35.3 Å². The number of fused-ring (bicyclic) bond motifs is 1. The molecule has 0 unspecified atom stereocenters. The van der Waals surface area contributed by atoms with Crippen LogP contribution < -0.4 is 14.8 Å². The minimum Gasteiger partial charge on any atom is -0.490 e. The molecule has 120 valence electrons. The van der Waals surface area contributed by atoms with E-state index in [4.69, 9.17) is 9.47 Å². The van der Waals surface area contributed by atoms with Gasteiger partial charge in [0.05, 0.1) is 12.3 Å². The standard InChI is InChI=1S/C15H16N4O3S/c1-3-21-11-6-4-5-7-12(11)22-8-13(20)16-14-17-15-19(18-14)10(2)9-23-15/h4-7,9H,3,8H2,1-2H3,(H,16,18,20). The number of benzene rings is 1. The van der Waals surface area contributed by atoms with Gasteiger partial charge in [0.25, 0.3) is 11.9 Å². The zero-order chi connectivity index (χ0) is 16.2. The Labute approximate surface area is 136 Å². The molecule has 0 saturated heterocycles. The molecule has 3 rings (SSSR count). The molecule has 2 aromatic heterocycles. The van der Waals surface area contributed by atoms with Gasteiger partial charge in [-0.2, -0.15) is 4.98 Å². The average Bonchev–Trinajstić information content (AvgIpc) is 3.09. The number of aryl methyl sites for hydroxylation is 1. The molecule has 1 N–H and O–H groups in total. The largest absolute Gasteiger partial charge is 0.490 e. The molecule has 0 aliphatic carbocycles. The van der Waals surface area contributed by atoms with Crippen molar-refractivity contribution in [1.82, 2.24) is 14.6 Å². The van der Waals surface area contributed by atoms with Crippen LogP contribution in [0.1, 0.15) is 12.6 Å². The van der Waals surface area contributed by atoms with E-state index in [1.54, 1.807) is 16.6 Å². The lowest BCUT2D eigenvalue weighted by atomic mass is 10.3. The van der Waals surface area contributed by atoms with Crippen LogP contribution in [0.4, 0.5) is 5.95 Å². The minimum atomic E-state index is -0.327. The van der Waals surface area contributed by atoms with Crippen LogP contribution in [0.2, 0.25) is 0 Å². The number of carbonyl (C=O) groups is 1. The number of carbonyl (C=O) groups excluding carboxylic acids is 1. The monoisotopic (exact) mass is 332 g/mol. The fourth-order valence-corrected chi connectivity index (χ4v) is 2.79. The second kappa shape index (κ2) is 6.66. The topological polar surface area (TPSA) is 77.8 Å². The number of rotatable bonds is 6. The summed E-state index contributed by atoms with van der Waals surface area (Å²) >= 11 is 1.47. The van der Waals surface area contributed by atoms with Crippen molar-refractivity contribution < 1.29 is 14.3 Å². The smallest absolute Gasteiger partial charge is 0.264 e. The second-order valence-electron chi connectivity index (χ2n) is 4.72. The first kappa shape index (κ1) is 15.3. The number of ether oxygens (including phenoxy) is 2. The van der Waals surface area contributed by atoms with Crippen molar-refractivity contribution in [2.45, 2.75) is 13.8 Å². The summed E-state index contributed by atoms with van der Waals surface area (Å²) in [7, 11) is 0. The minimum absolute atomic E-state index is 0.143. The average molecular weight is 332 g/mol. The van der Waals surface area contributed by atoms with Gasteiger partial charge in [-0.15, -0.1) is 16.4 Å². The highest BCUT2D eigenvalue weighted by molar-refractivity contribution is 7.15. The number of aromatic nitrogens is 3. The zero-order valence-electron chi connectivity index (χ0n) is 12.8. The SMILES string of the molecule is CCOc1ccccc1OCC(=O)Nc1nc2scc(C)n2n1. The summed E-state index contributed by atoms with van der Waals surface area (Å²) in [6.07, 6.45) is 0. The summed E-state index contributed by atoms with van der Waals surface area (Å²) in [5.74, 6) is 1.08. The van der Waals surface area contributed by atoms with Crippen LogP contribution in [0.5, 0.6) is 11.5 Å². The maximum Gasteiger partial charge on any atom is 0.264 e. The summed E-state index contributed by atoms with van der Waals surface area (Å²) in [6, 6.07) is 7.22. The summed E-state index contributed by atoms with van der Waals surface area (Å²) in [5.41, 5.74) is 0.972. The lowest BCUT2D eigenvalue weighted by Gasteiger charge is -2.10. The van der Waals surface area contributed by atoms with Crippen LogP contribution in [0.25, 0.3) is 4.96 Å². The van der Waals surface area contributed by atoms with Crippen LogP contribution in [0.3, 0.4) is 0 Å². The van der Waals surface area contributed by atoms with Gasteiger partial charge in [0, 0.05) is 5.38 Å². The van der Waals surface area contributed by atoms with E-state index in [-0.39, 0.29) is 18.5 Å². The van der Waals surface area contributed by atoms with Gasteiger partial charge in [-0.1, -0.05) is 12.1 Å². The lowest BCUT2D eigenvalue weighted by molar-refractivity contribution is -0.118. The molecule has 0 aliphatic heterocycles. The van der Waals surface area contributed by atoms with Crippen LogP contribution in [-0.2, 0) is 4.79 Å². The Morgan fingerprint density at radius 2 is 2.04 bits per heavy atom. The maximum atomic E-state index is 12.0. The summed E-state index contributed by atoms with van der Waals surface area (Å²) in [6.45, 7) is 4.20. The third kappa shape index (κ3) is 3.42. The van der Waals surface area contributed by atoms with E-state index in [0.29, 0.717) is 18.1 Å². The van der Waals surface area contributed by atoms with Gasteiger partial charge in [-0.05, 0) is 26.0 Å². The Hall–Kier alpha value is -2.61. The van der Waals surface area contributed by atoms with Crippen LogP contribution >= 0.6 is 11.3 Å². The van der Waals surface area contributed by atoms with Crippen molar-refractivity contribution >= 4 is 28.2 Å². The molecule has 0 atom stereocenters. The van der Waals surface area contributed by atoms with Gasteiger partial charge in [-0.3, -0.25) is 10.1 Å². The molecule has 0 fully saturated rings. The molecular formula is C15H16N4O3S. The third-order valence-corrected chi connectivity index (χ3v) is 3.94. The quantitative estimate of drug-likeness (QED) is 0.750. The van der Waals surface area contributed by atoms with Crippen molar-refractivity contribution in [1.29, 1.82) is 0 Å². The lowest BCUT2D eigenvalue weighted by Crippen LogP contribution is -2.21. The molecule has 0 saturated carbocycles. The van der Waals surface area contributed by atoms with E-state index in [2.05, 4.69) is 15.4 Å². The number of hydrogen-bond acceptors (Lipinski definition) is 6. The third-order valence-electron chi connectivity index (χ3n) is 3.01. The van der Waals surface area contributed by atoms with Gasteiger partial charge in [-0.25, -0.2) is 4.52 Å². The highest BCUT2D eigenvalue weighted by Gasteiger charge is 2.12. The summed E-state index contributed by atoms with van der Waals surface area (Å²) in [4.78, 5) is 16.9. The fourth-order valence-electron chi connectivity index (χ4n) is 1.99. The van der Waals surface area contributed by atoms with Gasteiger partial charge < -0.3 is 9.47 Å². The molecule has 1 aromatic carbocycles. The Balaban J connectivity index is 1.61. The van der Waals surface area contributed by atoms with Gasteiger partial charge in [0.1, 0.15) is 0 Å². The number of thiazole rings is 1. The Kier molecular flexibility index (Phi) is 4.42. The van der Waals surface area contributed by atoms with E-state index in [1.807, 2.05) is 31.4 Å². The predicted molar refractivity (Wildman–Crippen MR) is 87.3 cm³/mol. The summed E-state index contributed by atoms with van der Waals surface area (Å²) in [5, 5.41) is 8.80. The van der Waals surface area contributed by atoms with Crippen molar-refractivity contribution in [2.75, 3.05) is 18.5 Å². The maximum absolute atomic E-state index is 12.0. The first-order chi connectivity index (χ1) is 11.2. The van der Waals surface area contributed by atoms with Gasteiger partial charge in [0.15, 0.2) is 18.1 Å². The normalized spacial score (nSPS) is 10.7. The van der Waals surface area contributed by atoms with Gasteiger partial charge in [0.2, 0.25) is 4.96 Å². The number of nitrogens with zero attached hydrogens (tertiary/aromatic N) is 3. The molecule has 8 heteroatoms. The fraction of sp³-hybridized carbons (Fsp3) is 0.267. The first-order valence-corrected chi connectivity index (χ1v) is 8.00. The van der Waals surface area contributed by atoms with Crippen molar-refractivity contribution in [2.24, 2.45) is 0 Å². The number of nitrogens with one attached hydrogen (secondary N) is 1. The van der Waals surface area contributed by atoms with E-state index < -0.39 is 0 Å². The molecular weight excluding hydrogens is 316 g/mol. The molecule has 1 amide bonds. The number of amides is 1. The Bertz CT molecular complexity index is 827. The van der Waals surface area contributed by atoms with Crippen LogP contribution in [-0.4, -0.2) is 33.7 Å². The van der Waals surface area contributed by atoms with E-state index in [1.165, 1.54) is 11.3 Å². The molecule has 0 spiro atoms. The number of para-hydroxylation sites is 2. The molecule has 0 aliphatic rings. The van der Waals surface area contributed by atoms with E-state index >= 15 is 0 Å². The van der Waals surface area contributed by atoms with Crippen molar-refractivity contribution in [3.63, 3.8) is 0 Å².